The number of hydrogen-bond acceptors (Lipinski definition) is 3. The molecule has 0 atom stereocenters. The largest absolute Gasteiger partial charge is 0.443 e. The summed E-state index contributed by atoms with van der Waals surface area (Å²) in [6.45, 7) is 0. The second-order valence-electron chi connectivity index (χ2n) is 2.75. The third kappa shape index (κ3) is 1.38. The molecule has 0 saturated heterocycles. The van der Waals surface area contributed by atoms with Crippen molar-refractivity contribution in [2.45, 2.75) is 0 Å². The molecule has 0 fully saturated rings. The quantitative estimate of drug-likeness (QED) is 0.652. The molecule has 0 aliphatic rings. The van der Waals surface area contributed by atoms with Crippen LogP contribution >= 0.6 is 0 Å². The average molecular weight is 176 g/mol. The number of oxazole rings is 1. The van der Waals surface area contributed by atoms with Crippen LogP contribution < -0.4 is 5.43 Å². The Labute approximate surface area is 74.5 Å². The van der Waals surface area contributed by atoms with E-state index in [1.165, 1.54) is 18.7 Å². The summed E-state index contributed by atoms with van der Waals surface area (Å²) >= 11 is 0. The van der Waals surface area contributed by atoms with Crippen molar-refractivity contribution >= 4 is 0 Å². The Morgan fingerprint density at radius 3 is 3.08 bits per heavy atom. The lowest BCUT2D eigenvalue weighted by atomic mass is 10.2. The molecule has 0 bridgehead atoms. The highest BCUT2D eigenvalue weighted by Crippen LogP contribution is 2.12. The van der Waals surface area contributed by atoms with Crippen molar-refractivity contribution in [3.05, 3.63) is 41.3 Å². The van der Waals surface area contributed by atoms with Crippen molar-refractivity contribution in [3.63, 3.8) is 0 Å². The lowest BCUT2D eigenvalue weighted by molar-refractivity contribution is 0.570. The molecule has 2 aromatic rings. The van der Waals surface area contributed by atoms with Gasteiger partial charge in [0.2, 0.25) is 0 Å². The maximum absolute atomic E-state index is 11.4. The minimum absolute atomic E-state index is 0.0603. The summed E-state index contributed by atoms with van der Waals surface area (Å²) < 4.78 is 6.82. The number of hydrogen-bond donors (Lipinski definition) is 0. The van der Waals surface area contributed by atoms with E-state index in [1.807, 2.05) is 7.05 Å². The normalized spacial score (nSPS) is 10.2. The van der Waals surface area contributed by atoms with E-state index in [2.05, 4.69) is 4.98 Å². The Kier molecular flexibility index (Phi) is 1.73. The molecular formula is C9H8N2O2. The molecular weight excluding hydrogens is 168 g/mol. The van der Waals surface area contributed by atoms with Crippen LogP contribution in [0, 0.1) is 0 Å². The van der Waals surface area contributed by atoms with Crippen LogP contribution in [-0.2, 0) is 7.05 Å². The van der Waals surface area contributed by atoms with Gasteiger partial charge in [-0.2, -0.15) is 0 Å². The van der Waals surface area contributed by atoms with Gasteiger partial charge in [-0.05, 0) is 0 Å². The Morgan fingerprint density at radius 2 is 2.38 bits per heavy atom. The molecule has 2 aromatic heterocycles. The van der Waals surface area contributed by atoms with E-state index in [9.17, 15) is 4.79 Å². The summed E-state index contributed by atoms with van der Waals surface area (Å²) in [6.07, 6.45) is 6.24. The number of nitrogens with zero attached hydrogens (tertiary/aromatic N) is 2. The first-order valence-corrected chi connectivity index (χ1v) is 3.82. The zero-order chi connectivity index (χ0) is 9.26. The highest BCUT2D eigenvalue weighted by atomic mass is 16.3. The van der Waals surface area contributed by atoms with Gasteiger partial charge in [-0.1, -0.05) is 0 Å². The molecule has 0 aliphatic heterocycles. The van der Waals surface area contributed by atoms with Crippen molar-refractivity contribution in [1.82, 2.24) is 9.55 Å². The molecule has 0 aromatic carbocycles. The van der Waals surface area contributed by atoms with Crippen LogP contribution in [0.4, 0.5) is 0 Å². The van der Waals surface area contributed by atoms with Gasteiger partial charge < -0.3 is 8.98 Å². The highest BCUT2D eigenvalue weighted by molar-refractivity contribution is 5.54. The Hall–Kier alpha value is -1.84. The topological polar surface area (TPSA) is 48.0 Å². The van der Waals surface area contributed by atoms with Crippen molar-refractivity contribution in [3.8, 4) is 11.3 Å². The summed E-state index contributed by atoms with van der Waals surface area (Å²) in [5.74, 6) is 0.501. The van der Waals surface area contributed by atoms with Gasteiger partial charge in [-0.15, -0.1) is 0 Å². The number of aryl methyl sites for hydroxylation is 1. The molecule has 4 nitrogen and oxygen atoms in total. The zero-order valence-corrected chi connectivity index (χ0v) is 7.10. The summed E-state index contributed by atoms with van der Waals surface area (Å²) in [6, 6.07) is 1.50. The van der Waals surface area contributed by atoms with Crippen molar-refractivity contribution in [1.29, 1.82) is 0 Å². The lowest BCUT2D eigenvalue weighted by Gasteiger charge is -1.98. The third-order valence-electron chi connectivity index (χ3n) is 1.76. The minimum atomic E-state index is -0.0603. The van der Waals surface area contributed by atoms with Gasteiger partial charge in [0.05, 0.1) is 11.8 Å². The monoisotopic (exact) mass is 176 g/mol. The van der Waals surface area contributed by atoms with E-state index < -0.39 is 0 Å². The molecule has 0 saturated carbocycles. The molecule has 4 heteroatoms. The smallest absolute Gasteiger partial charge is 0.192 e. The van der Waals surface area contributed by atoms with Gasteiger partial charge in [0.1, 0.15) is 0 Å². The molecule has 13 heavy (non-hydrogen) atoms. The van der Waals surface area contributed by atoms with Crippen LogP contribution in [0.3, 0.4) is 0 Å². The molecule has 2 heterocycles. The molecule has 0 amide bonds. The van der Waals surface area contributed by atoms with Crippen LogP contribution in [0.1, 0.15) is 0 Å². The maximum Gasteiger partial charge on any atom is 0.192 e. The van der Waals surface area contributed by atoms with Gasteiger partial charge in [-0.25, -0.2) is 4.98 Å². The minimum Gasteiger partial charge on any atom is -0.443 e. The third-order valence-corrected chi connectivity index (χ3v) is 1.76. The van der Waals surface area contributed by atoms with Crippen molar-refractivity contribution in [2.75, 3.05) is 0 Å². The van der Waals surface area contributed by atoms with Crippen LogP contribution in [0.25, 0.3) is 11.3 Å². The molecule has 0 unspecified atom stereocenters. The molecule has 0 radical (unpaired) electrons. The summed E-state index contributed by atoms with van der Waals surface area (Å²) in [5.41, 5.74) is 0.470. The van der Waals surface area contributed by atoms with E-state index in [-0.39, 0.29) is 5.43 Å². The van der Waals surface area contributed by atoms with Gasteiger partial charge in [0.25, 0.3) is 0 Å². The van der Waals surface area contributed by atoms with Crippen LogP contribution in [-0.4, -0.2) is 9.55 Å². The molecule has 0 N–H and O–H groups in total. The van der Waals surface area contributed by atoms with Gasteiger partial charge in [-0.3, -0.25) is 4.79 Å². The fourth-order valence-corrected chi connectivity index (χ4v) is 1.12. The summed E-state index contributed by atoms with van der Waals surface area (Å²) in [4.78, 5) is 15.1. The van der Waals surface area contributed by atoms with E-state index in [0.717, 1.165) is 0 Å². The summed E-state index contributed by atoms with van der Waals surface area (Å²) in [7, 11) is 1.85. The van der Waals surface area contributed by atoms with Crippen LogP contribution in [0.15, 0.2) is 40.3 Å². The molecule has 0 aliphatic carbocycles. The number of pyridine rings is 1. The predicted octanol–water partition coefficient (Wildman–Crippen LogP) is 1.04. The van der Waals surface area contributed by atoms with E-state index in [0.29, 0.717) is 11.3 Å². The van der Waals surface area contributed by atoms with E-state index >= 15 is 0 Å². The van der Waals surface area contributed by atoms with E-state index in [4.69, 9.17) is 4.42 Å². The standard InChI is InChI=1S/C9H8N2O2/c1-11-3-2-8(12)7(5-11)9-4-10-6-13-9/h2-6H,1H3. The summed E-state index contributed by atoms with van der Waals surface area (Å²) in [5, 5.41) is 0. The van der Waals surface area contributed by atoms with Gasteiger partial charge in [0, 0.05) is 25.5 Å². The molecule has 0 spiro atoms. The van der Waals surface area contributed by atoms with Crippen LogP contribution in [0.5, 0.6) is 0 Å². The Bertz CT molecular complexity index is 457. The van der Waals surface area contributed by atoms with Crippen molar-refractivity contribution in [2.24, 2.45) is 7.05 Å². The van der Waals surface area contributed by atoms with Gasteiger partial charge >= 0.3 is 0 Å². The number of rotatable bonds is 1. The SMILES string of the molecule is Cn1ccc(=O)c(-c2cnco2)c1. The zero-order valence-electron chi connectivity index (χ0n) is 7.10. The lowest BCUT2D eigenvalue weighted by Crippen LogP contribution is -2.05. The number of aromatic nitrogens is 2. The Morgan fingerprint density at radius 1 is 1.54 bits per heavy atom. The van der Waals surface area contributed by atoms with E-state index in [1.54, 1.807) is 17.0 Å². The molecule has 2 rings (SSSR count). The predicted molar refractivity (Wildman–Crippen MR) is 47.2 cm³/mol. The highest BCUT2D eigenvalue weighted by Gasteiger charge is 2.05. The first kappa shape index (κ1) is 7.79. The second kappa shape index (κ2) is 2.90. The second-order valence-corrected chi connectivity index (χ2v) is 2.75. The molecule has 66 valence electrons. The van der Waals surface area contributed by atoms with Gasteiger partial charge in [0.15, 0.2) is 17.6 Å². The van der Waals surface area contributed by atoms with Crippen LogP contribution in [0.2, 0.25) is 0 Å². The Balaban J connectivity index is 2.64. The first-order chi connectivity index (χ1) is 6.27. The first-order valence-electron chi connectivity index (χ1n) is 3.82. The maximum atomic E-state index is 11.4. The average Bonchev–Trinajstić information content (AvgIpc) is 2.61. The fourth-order valence-electron chi connectivity index (χ4n) is 1.12. The fraction of sp³-hybridized carbons (Fsp3) is 0.111. The van der Waals surface area contributed by atoms with Crippen molar-refractivity contribution < 1.29 is 4.42 Å².